The third kappa shape index (κ3) is 8.05. The lowest BCUT2D eigenvalue weighted by molar-refractivity contribution is 0.103. The van der Waals surface area contributed by atoms with Gasteiger partial charge in [0, 0.05) is 24.5 Å². The van der Waals surface area contributed by atoms with Gasteiger partial charge < -0.3 is 29.2 Å². The molecule has 0 aromatic carbocycles. The van der Waals surface area contributed by atoms with Crippen LogP contribution in [-0.2, 0) is 60.7 Å². The highest BCUT2D eigenvalue weighted by Crippen LogP contribution is 2.36. The highest BCUT2D eigenvalue weighted by atomic mass is 19.2. The van der Waals surface area contributed by atoms with Gasteiger partial charge in [0.1, 0.15) is 11.5 Å². The summed E-state index contributed by atoms with van der Waals surface area (Å²) in [6.45, 7) is 15.4. The zero-order valence-corrected chi connectivity index (χ0v) is 31.3. The van der Waals surface area contributed by atoms with Gasteiger partial charge in [0.25, 0.3) is 0 Å². The zero-order valence-electron chi connectivity index (χ0n) is 31.3. The SMILES string of the molecule is CCc1c[nH]c(/C(=C/C(=O)c2[nH]c(-c3[nH]c(C(=O)/C=C(\OB(F)F)c4[nH]cc(CC)c4CC)c(CC)c3CC)c(CC)c2CC)OB(F)F)c1CC. The lowest BCUT2D eigenvalue weighted by atomic mass is 9.97. The van der Waals surface area contributed by atoms with E-state index in [1.807, 2.05) is 55.4 Å². The minimum Gasteiger partial charge on any atom is -0.503 e. The van der Waals surface area contributed by atoms with Crippen molar-refractivity contribution >= 4 is 38.0 Å². The average Bonchev–Trinajstić information content (AvgIpc) is 3.91. The van der Waals surface area contributed by atoms with Crippen molar-refractivity contribution in [2.75, 3.05) is 0 Å². The van der Waals surface area contributed by atoms with E-state index in [1.165, 1.54) is 0 Å². The van der Waals surface area contributed by atoms with Crippen LogP contribution in [0.1, 0.15) is 132 Å². The largest absolute Gasteiger partial charge is 0.796 e. The third-order valence-corrected chi connectivity index (χ3v) is 9.67. The lowest BCUT2D eigenvalue weighted by Crippen LogP contribution is -2.09. The average molecular weight is 722 g/mol. The number of rotatable bonds is 19. The minimum atomic E-state index is -3.15. The standard InChI is InChI=1S/C38H48B2F4N4O4/c1-9-21-19-45-35(23(21)11-3)31(51-39(41)42)17-29(49)33-25(13-5)27(15-7)37(47-33)38-28(16-8)26(14-6)34(48-38)30(50)18-32(52-40(43)44)36-24(12-4)22(10-2)20-46-36/h17-20,45-48H,9-16H2,1-8H3/b31-17-,32-18-. The van der Waals surface area contributed by atoms with E-state index < -0.39 is 26.5 Å². The Hall–Kier alpha value is -4.61. The van der Waals surface area contributed by atoms with Crippen molar-refractivity contribution in [1.82, 2.24) is 19.9 Å². The molecular weight excluding hydrogens is 674 g/mol. The number of ketones is 2. The summed E-state index contributed by atoms with van der Waals surface area (Å²) in [5.74, 6) is -1.59. The van der Waals surface area contributed by atoms with Crippen LogP contribution in [0.2, 0.25) is 0 Å². The molecule has 0 aliphatic heterocycles. The Kier molecular flexibility index (Phi) is 13.7. The maximum atomic E-state index is 14.0. The third-order valence-electron chi connectivity index (χ3n) is 9.67. The summed E-state index contributed by atoms with van der Waals surface area (Å²) in [6.07, 6.45) is 10.1. The summed E-state index contributed by atoms with van der Waals surface area (Å²) in [7, 11) is -6.30. The molecule has 4 aromatic rings. The Morgan fingerprint density at radius 3 is 1.12 bits per heavy atom. The molecule has 4 rings (SSSR count). The van der Waals surface area contributed by atoms with E-state index in [0.29, 0.717) is 85.3 Å². The molecule has 0 saturated heterocycles. The molecule has 4 heterocycles. The van der Waals surface area contributed by atoms with Gasteiger partial charge in [0.15, 0.2) is 0 Å². The lowest BCUT2D eigenvalue weighted by Gasteiger charge is -2.10. The van der Waals surface area contributed by atoms with Crippen molar-refractivity contribution in [2.45, 2.75) is 107 Å². The Morgan fingerprint density at radius 1 is 0.519 bits per heavy atom. The van der Waals surface area contributed by atoms with Crippen LogP contribution < -0.4 is 0 Å². The van der Waals surface area contributed by atoms with Crippen LogP contribution in [0.25, 0.3) is 22.9 Å². The zero-order chi connectivity index (χ0) is 38.3. The number of halogens is 4. The van der Waals surface area contributed by atoms with Crippen LogP contribution >= 0.6 is 0 Å². The van der Waals surface area contributed by atoms with Gasteiger partial charge in [-0.05, 0) is 95.9 Å². The number of allylic oxidation sites excluding steroid dienone is 2. The number of carbonyl (C=O) groups is 2. The summed E-state index contributed by atoms with van der Waals surface area (Å²) in [5, 5.41) is 0. The first-order valence-corrected chi connectivity index (χ1v) is 18.2. The van der Waals surface area contributed by atoms with Gasteiger partial charge in [-0.1, -0.05) is 55.4 Å². The van der Waals surface area contributed by atoms with Crippen LogP contribution in [0.5, 0.6) is 0 Å². The first-order chi connectivity index (χ1) is 24.9. The molecule has 0 fully saturated rings. The van der Waals surface area contributed by atoms with E-state index in [9.17, 15) is 26.9 Å². The van der Waals surface area contributed by atoms with E-state index in [4.69, 9.17) is 9.31 Å². The van der Waals surface area contributed by atoms with Crippen LogP contribution in [-0.4, -0.2) is 46.4 Å². The predicted molar refractivity (Wildman–Crippen MR) is 200 cm³/mol. The predicted octanol–water partition coefficient (Wildman–Crippen LogP) is 9.49. The molecule has 14 heteroatoms. The maximum absolute atomic E-state index is 14.0. The number of H-pyrrole nitrogens is 4. The van der Waals surface area contributed by atoms with Crippen molar-refractivity contribution in [3.63, 3.8) is 0 Å². The number of aromatic amines is 4. The van der Waals surface area contributed by atoms with Gasteiger partial charge in [-0.3, -0.25) is 9.59 Å². The first kappa shape index (κ1) is 40.2. The van der Waals surface area contributed by atoms with Crippen LogP contribution in [0.3, 0.4) is 0 Å². The molecule has 4 aromatic heterocycles. The Balaban J connectivity index is 1.88. The van der Waals surface area contributed by atoms with Crippen LogP contribution in [0, 0.1) is 0 Å². The molecule has 278 valence electrons. The quantitative estimate of drug-likeness (QED) is 0.0254. The molecule has 0 spiro atoms. The molecule has 0 amide bonds. The van der Waals surface area contributed by atoms with Gasteiger partial charge in [0.05, 0.1) is 34.2 Å². The molecule has 0 unspecified atom stereocenters. The molecule has 0 saturated carbocycles. The number of hydrogen-bond donors (Lipinski definition) is 4. The minimum absolute atomic E-state index is 0.227. The van der Waals surface area contributed by atoms with Gasteiger partial charge >= 0.3 is 14.9 Å². The van der Waals surface area contributed by atoms with Crippen molar-refractivity contribution in [3.8, 4) is 11.4 Å². The van der Waals surface area contributed by atoms with Crippen molar-refractivity contribution < 1.29 is 36.2 Å². The van der Waals surface area contributed by atoms with E-state index in [-0.39, 0.29) is 22.9 Å². The molecule has 0 bridgehead atoms. The van der Waals surface area contributed by atoms with Crippen molar-refractivity contribution in [1.29, 1.82) is 0 Å². The number of nitrogens with one attached hydrogen (secondary N) is 4. The smallest absolute Gasteiger partial charge is 0.503 e. The Bertz CT molecular complexity index is 1810. The number of carbonyl (C=O) groups excluding carboxylic acids is 2. The second-order valence-electron chi connectivity index (χ2n) is 12.3. The van der Waals surface area contributed by atoms with Crippen molar-refractivity contribution in [2.24, 2.45) is 0 Å². The molecule has 4 N–H and O–H groups in total. The molecule has 52 heavy (non-hydrogen) atoms. The summed E-state index contributed by atoms with van der Waals surface area (Å²) in [6, 6.07) is 0. The fraction of sp³-hybridized carbons (Fsp3) is 0.421. The molecule has 0 aliphatic rings. The van der Waals surface area contributed by atoms with E-state index in [0.717, 1.165) is 45.5 Å². The summed E-state index contributed by atoms with van der Waals surface area (Å²) in [4.78, 5) is 40.6. The highest BCUT2D eigenvalue weighted by Gasteiger charge is 2.30. The summed E-state index contributed by atoms with van der Waals surface area (Å²) < 4.78 is 64.5. The maximum Gasteiger partial charge on any atom is 0.796 e. The summed E-state index contributed by atoms with van der Waals surface area (Å²) in [5.41, 5.74) is 8.90. The van der Waals surface area contributed by atoms with E-state index in [2.05, 4.69) is 19.9 Å². The van der Waals surface area contributed by atoms with E-state index in [1.54, 1.807) is 12.4 Å². The summed E-state index contributed by atoms with van der Waals surface area (Å²) >= 11 is 0. The molecule has 0 aliphatic carbocycles. The second-order valence-corrected chi connectivity index (χ2v) is 12.3. The molecule has 8 nitrogen and oxygen atoms in total. The van der Waals surface area contributed by atoms with Gasteiger partial charge in [-0.2, -0.15) is 0 Å². The fourth-order valence-corrected chi connectivity index (χ4v) is 7.33. The number of hydrogen-bond acceptors (Lipinski definition) is 4. The van der Waals surface area contributed by atoms with Gasteiger partial charge in [-0.15, -0.1) is 0 Å². The second kappa shape index (κ2) is 17.7. The number of aromatic nitrogens is 4. The normalized spacial score (nSPS) is 12.1. The monoisotopic (exact) mass is 722 g/mol. The highest BCUT2D eigenvalue weighted by molar-refractivity contribution is 6.36. The van der Waals surface area contributed by atoms with Crippen molar-refractivity contribution in [3.05, 3.63) is 91.8 Å². The van der Waals surface area contributed by atoms with Gasteiger partial charge in [-0.25, -0.2) is 17.3 Å². The first-order valence-electron chi connectivity index (χ1n) is 18.2. The van der Waals surface area contributed by atoms with Gasteiger partial charge in [0.2, 0.25) is 11.6 Å². The Morgan fingerprint density at radius 2 is 0.846 bits per heavy atom. The molecule has 0 atom stereocenters. The van der Waals surface area contributed by atoms with E-state index >= 15 is 0 Å². The Labute approximate surface area is 303 Å². The molecule has 0 radical (unpaired) electrons. The van der Waals surface area contributed by atoms with Crippen LogP contribution in [0.15, 0.2) is 24.5 Å². The van der Waals surface area contributed by atoms with Crippen LogP contribution in [0.4, 0.5) is 17.3 Å². The fourth-order valence-electron chi connectivity index (χ4n) is 7.33. The number of aryl methyl sites for hydroxylation is 2. The topological polar surface area (TPSA) is 116 Å². The molecular formula is C38H48B2F4N4O4.